The van der Waals surface area contributed by atoms with E-state index in [-0.39, 0.29) is 0 Å². The Morgan fingerprint density at radius 1 is 1.10 bits per heavy atom. The van der Waals surface area contributed by atoms with Crippen LogP contribution in [-0.2, 0) is 0 Å². The molecule has 4 rings (SSSR count). The van der Waals surface area contributed by atoms with E-state index in [1.165, 1.54) is 0 Å². The number of hydrogen-bond donors (Lipinski definition) is 2. The lowest BCUT2D eigenvalue weighted by molar-refractivity contribution is -0.122. The van der Waals surface area contributed by atoms with Crippen LogP contribution < -0.4 is 10.6 Å². The lowest BCUT2D eigenvalue weighted by Crippen LogP contribution is -2.36. The maximum Gasteiger partial charge on any atom is 0.405 e. The van der Waals surface area contributed by atoms with Crippen LogP contribution in [0.1, 0.15) is 0 Å². The van der Waals surface area contributed by atoms with E-state index < -0.39 is 18.8 Å². The fourth-order valence-electron chi connectivity index (χ4n) is 2.91. The lowest BCUT2D eigenvalue weighted by atomic mass is 10.1. The third-order valence-corrected chi connectivity index (χ3v) is 4.92. The van der Waals surface area contributed by atoms with Crippen molar-refractivity contribution in [2.75, 3.05) is 11.9 Å². The molecule has 0 bridgehead atoms. The molecule has 0 saturated carbocycles. The summed E-state index contributed by atoms with van der Waals surface area (Å²) in [6.45, 7) is -1.39. The van der Waals surface area contributed by atoms with Crippen molar-refractivity contribution in [1.82, 2.24) is 14.7 Å². The number of benzene rings is 1. The first-order chi connectivity index (χ1) is 13.9. The molecule has 0 unspecified atom stereocenters. The number of imidazole rings is 1. The number of aromatic nitrogens is 2. The van der Waals surface area contributed by atoms with Gasteiger partial charge < -0.3 is 10.6 Å². The second-order valence-corrected chi connectivity index (χ2v) is 7.08. The molecule has 3 heterocycles. The maximum absolute atomic E-state index is 12.2. The minimum Gasteiger partial charge on any atom is -0.329 e. The minimum atomic E-state index is -4.46. The zero-order valence-corrected chi connectivity index (χ0v) is 15.7. The van der Waals surface area contributed by atoms with Gasteiger partial charge in [0, 0.05) is 17.4 Å². The first kappa shape index (κ1) is 19.0. The lowest BCUT2D eigenvalue weighted by Gasteiger charge is -2.11. The fourth-order valence-corrected chi connectivity index (χ4v) is 3.58. The third-order valence-electron chi connectivity index (χ3n) is 4.23. The largest absolute Gasteiger partial charge is 0.405 e. The molecule has 1 aromatic carbocycles. The van der Waals surface area contributed by atoms with Gasteiger partial charge in [0.1, 0.15) is 12.2 Å². The number of fused-ring (bicyclic) bond motifs is 1. The standard InChI is InChI=1S/C20H15F3N4OS/c21-20(22,23)12-25-19(28)26-16-3-1-2-14(8-16)17-10-24-18-9-13(4-6-27(17)18)15-5-7-29-11-15/h1-11H,12H2,(H2,25,26,28). The van der Waals surface area contributed by atoms with Gasteiger partial charge in [0.15, 0.2) is 0 Å². The highest BCUT2D eigenvalue weighted by atomic mass is 32.1. The van der Waals surface area contributed by atoms with E-state index in [1.807, 2.05) is 40.2 Å². The molecule has 29 heavy (non-hydrogen) atoms. The Morgan fingerprint density at radius 3 is 2.72 bits per heavy atom. The zero-order valence-electron chi connectivity index (χ0n) is 14.9. The molecule has 0 atom stereocenters. The van der Waals surface area contributed by atoms with Crippen molar-refractivity contribution in [3.8, 4) is 22.4 Å². The topological polar surface area (TPSA) is 58.4 Å². The van der Waals surface area contributed by atoms with E-state index >= 15 is 0 Å². The highest BCUT2D eigenvalue weighted by molar-refractivity contribution is 7.08. The van der Waals surface area contributed by atoms with Crippen LogP contribution in [0.4, 0.5) is 23.7 Å². The summed E-state index contributed by atoms with van der Waals surface area (Å²) in [6.07, 6.45) is -0.825. The van der Waals surface area contributed by atoms with Crippen LogP contribution in [0.15, 0.2) is 65.6 Å². The van der Waals surface area contributed by atoms with Crippen LogP contribution in [0, 0.1) is 0 Å². The molecule has 0 aliphatic rings. The average Bonchev–Trinajstić information content (AvgIpc) is 3.35. The van der Waals surface area contributed by atoms with Crippen LogP contribution in [0.5, 0.6) is 0 Å². The molecule has 0 radical (unpaired) electrons. The number of carbonyl (C=O) groups excluding carboxylic acids is 1. The number of nitrogens with zero attached hydrogens (tertiary/aromatic N) is 2. The first-order valence-electron chi connectivity index (χ1n) is 8.61. The van der Waals surface area contributed by atoms with E-state index in [0.29, 0.717) is 5.69 Å². The Hall–Kier alpha value is -3.33. The highest BCUT2D eigenvalue weighted by Crippen LogP contribution is 2.27. The fraction of sp³-hybridized carbons (Fsp3) is 0.100. The van der Waals surface area contributed by atoms with Crippen molar-refractivity contribution in [2.45, 2.75) is 6.18 Å². The number of amides is 2. The third kappa shape index (κ3) is 4.40. The van der Waals surface area contributed by atoms with E-state index in [0.717, 1.165) is 28.0 Å². The van der Waals surface area contributed by atoms with Gasteiger partial charge >= 0.3 is 12.2 Å². The number of rotatable bonds is 4. The number of nitrogens with one attached hydrogen (secondary N) is 2. The Balaban J connectivity index is 1.56. The molecule has 0 fully saturated rings. The van der Waals surface area contributed by atoms with E-state index in [1.54, 1.807) is 41.0 Å². The Morgan fingerprint density at radius 2 is 1.97 bits per heavy atom. The van der Waals surface area contributed by atoms with Crippen LogP contribution in [-0.4, -0.2) is 28.1 Å². The first-order valence-corrected chi connectivity index (χ1v) is 9.55. The number of urea groups is 1. The van der Waals surface area contributed by atoms with Gasteiger partial charge in [-0.05, 0) is 52.2 Å². The predicted octanol–water partition coefficient (Wildman–Crippen LogP) is 5.41. The number of thiophene rings is 1. The van der Waals surface area contributed by atoms with Crippen molar-refractivity contribution < 1.29 is 18.0 Å². The van der Waals surface area contributed by atoms with Gasteiger partial charge in [-0.1, -0.05) is 12.1 Å². The monoisotopic (exact) mass is 416 g/mol. The van der Waals surface area contributed by atoms with E-state index in [9.17, 15) is 18.0 Å². The van der Waals surface area contributed by atoms with Crippen molar-refractivity contribution in [2.24, 2.45) is 0 Å². The molecule has 0 aliphatic carbocycles. The molecule has 0 saturated heterocycles. The Labute approximate surface area is 167 Å². The summed E-state index contributed by atoms with van der Waals surface area (Å²) >= 11 is 1.62. The number of alkyl halides is 3. The van der Waals surface area contributed by atoms with Gasteiger partial charge in [-0.25, -0.2) is 9.78 Å². The van der Waals surface area contributed by atoms with Crippen molar-refractivity contribution >= 4 is 28.7 Å². The molecule has 9 heteroatoms. The number of pyridine rings is 1. The quantitative estimate of drug-likeness (QED) is 0.467. The normalized spacial score (nSPS) is 11.6. The van der Waals surface area contributed by atoms with Gasteiger partial charge in [-0.15, -0.1) is 0 Å². The van der Waals surface area contributed by atoms with Gasteiger partial charge in [0.25, 0.3) is 0 Å². The van der Waals surface area contributed by atoms with Crippen LogP contribution in [0.25, 0.3) is 28.0 Å². The summed E-state index contributed by atoms with van der Waals surface area (Å²) in [4.78, 5) is 16.1. The molecular formula is C20H15F3N4OS. The predicted molar refractivity (Wildman–Crippen MR) is 107 cm³/mol. The molecule has 2 N–H and O–H groups in total. The van der Waals surface area contributed by atoms with Crippen molar-refractivity contribution in [3.63, 3.8) is 0 Å². The smallest absolute Gasteiger partial charge is 0.329 e. The second-order valence-electron chi connectivity index (χ2n) is 6.30. The molecule has 4 aromatic rings. The molecule has 2 amide bonds. The molecule has 5 nitrogen and oxygen atoms in total. The molecule has 3 aromatic heterocycles. The van der Waals surface area contributed by atoms with Gasteiger partial charge in [0.05, 0.1) is 11.9 Å². The maximum atomic E-state index is 12.2. The van der Waals surface area contributed by atoms with Gasteiger partial charge in [-0.2, -0.15) is 24.5 Å². The van der Waals surface area contributed by atoms with Crippen molar-refractivity contribution in [1.29, 1.82) is 0 Å². The minimum absolute atomic E-state index is 0.381. The van der Waals surface area contributed by atoms with Gasteiger partial charge in [0.2, 0.25) is 0 Å². The number of halogens is 3. The Bertz CT molecular complexity index is 1150. The molecule has 0 spiro atoms. The highest BCUT2D eigenvalue weighted by Gasteiger charge is 2.27. The van der Waals surface area contributed by atoms with E-state index in [4.69, 9.17) is 0 Å². The van der Waals surface area contributed by atoms with Gasteiger partial charge in [-0.3, -0.25) is 4.40 Å². The summed E-state index contributed by atoms with van der Waals surface area (Å²) in [6, 6.07) is 11.9. The average molecular weight is 416 g/mol. The Kier molecular flexibility index (Phi) is 4.98. The van der Waals surface area contributed by atoms with Crippen molar-refractivity contribution in [3.05, 3.63) is 65.6 Å². The SMILES string of the molecule is O=C(NCC(F)(F)F)Nc1cccc(-c2cnc3cc(-c4ccsc4)ccn23)c1. The van der Waals surface area contributed by atoms with Crippen LogP contribution in [0.3, 0.4) is 0 Å². The summed E-state index contributed by atoms with van der Waals surface area (Å²) in [5, 5.41) is 8.27. The summed E-state index contributed by atoms with van der Waals surface area (Å²) in [5.41, 5.74) is 4.91. The molecule has 148 valence electrons. The van der Waals surface area contributed by atoms with Crippen LogP contribution in [0.2, 0.25) is 0 Å². The summed E-state index contributed by atoms with van der Waals surface area (Å²) in [7, 11) is 0. The zero-order chi connectivity index (χ0) is 20.4. The number of hydrogen-bond acceptors (Lipinski definition) is 3. The number of carbonyl (C=O) groups is 1. The number of anilines is 1. The summed E-state index contributed by atoms with van der Waals surface area (Å²) in [5.74, 6) is 0. The summed E-state index contributed by atoms with van der Waals surface area (Å²) < 4.78 is 38.6. The molecule has 0 aliphatic heterocycles. The van der Waals surface area contributed by atoms with Crippen LogP contribution >= 0.6 is 11.3 Å². The van der Waals surface area contributed by atoms with E-state index in [2.05, 4.69) is 15.7 Å². The second kappa shape index (κ2) is 7.59. The molecular weight excluding hydrogens is 401 g/mol.